The highest BCUT2D eigenvalue weighted by Gasteiger charge is 2.44. The van der Waals surface area contributed by atoms with Gasteiger partial charge in [0.05, 0.1) is 12.0 Å². The molecule has 1 atom stereocenters. The highest BCUT2D eigenvalue weighted by molar-refractivity contribution is 9.18. The maximum absolute atomic E-state index is 12.4. The molecule has 1 saturated heterocycles. The van der Waals surface area contributed by atoms with Gasteiger partial charge in [-0.1, -0.05) is 12.7 Å². The number of allylic oxidation sites excluding steroid dienone is 2. The van der Waals surface area contributed by atoms with Crippen molar-refractivity contribution in [3.8, 4) is 0 Å². The molecule has 0 saturated carbocycles. The second kappa shape index (κ2) is 5.69. The molecule has 0 bridgehead atoms. The average Bonchev–Trinajstić information content (AvgIpc) is 2.52. The fourth-order valence-electron chi connectivity index (χ4n) is 2.70. The maximum Gasteiger partial charge on any atom is 0.257 e. The lowest BCUT2D eigenvalue weighted by atomic mass is 9.72. The van der Waals surface area contributed by atoms with E-state index in [2.05, 4.69) is 32.4 Å². The van der Waals surface area contributed by atoms with Crippen LogP contribution in [0.4, 0.5) is 0 Å². The van der Waals surface area contributed by atoms with Crippen LogP contribution in [0.5, 0.6) is 0 Å². The molecule has 2 heterocycles. The van der Waals surface area contributed by atoms with Gasteiger partial charge >= 0.3 is 0 Å². The molecule has 0 aromatic carbocycles. The van der Waals surface area contributed by atoms with Crippen LogP contribution in [0, 0.1) is 5.41 Å². The Kier molecular flexibility index (Phi) is 4.38. The number of amides is 1. The summed E-state index contributed by atoms with van der Waals surface area (Å²) in [5.74, 6) is -0.106. The van der Waals surface area contributed by atoms with E-state index in [-0.39, 0.29) is 18.6 Å². The number of rotatable bonds is 2. The minimum absolute atomic E-state index is 0.106. The van der Waals surface area contributed by atoms with Crippen LogP contribution >= 0.6 is 15.9 Å². The van der Waals surface area contributed by atoms with Gasteiger partial charge in [0.2, 0.25) is 0 Å². The summed E-state index contributed by atoms with van der Waals surface area (Å²) in [5.41, 5.74) is 0.282. The molecule has 2 aliphatic rings. The Morgan fingerprint density at radius 2 is 2.16 bits per heavy atom. The number of hydrogen-bond donors (Lipinski definition) is 1. The van der Waals surface area contributed by atoms with Crippen LogP contribution in [0.1, 0.15) is 19.8 Å². The minimum Gasteiger partial charge on any atom is -0.395 e. The van der Waals surface area contributed by atoms with Gasteiger partial charge in [-0.25, -0.2) is 4.99 Å². The summed E-state index contributed by atoms with van der Waals surface area (Å²) < 4.78 is 0.557. The first-order valence-electron chi connectivity index (χ1n) is 6.50. The molecule has 2 aliphatic heterocycles. The van der Waals surface area contributed by atoms with Gasteiger partial charge in [-0.3, -0.25) is 9.69 Å². The molecule has 0 unspecified atom stereocenters. The third kappa shape index (κ3) is 2.73. The fraction of sp³-hybridized carbons (Fsp3) is 0.571. The SMILES string of the molecule is C=C1C=CC(Br)=NC(=O)C12CCN([C@@H](C)CO)CC2. The molecule has 1 amide bonds. The van der Waals surface area contributed by atoms with Crippen LogP contribution < -0.4 is 0 Å². The zero-order chi connectivity index (χ0) is 14.0. The topological polar surface area (TPSA) is 52.9 Å². The molecular formula is C14H19BrN2O2. The number of likely N-dealkylation sites (tertiary alicyclic amines) is 1. The summed E-state index contributed by atoms with van der Waals surface area (Å²) in [5, 5.41) is 9.21. The second-order valence-corrected chi connectivity index (χ2v) is 6.06. The zero-order valence-corrected chi connectivity index (χ0v) is 12.7. The number of halogens is 1. The molecule has 19 heavy (non-hydrogen) atoms. The number of carbonyl (C=O) groups excluding carboxylic acids is 1. The predicted molar refractivity (Wildman–Crippen MR) is 79.4 cm³/mol. The highest BCUT2D eigenvalue weighted by Crippen LogP contribution is 2.41. The van der Waals surface area contributed by atoms with Gasteiger partial charge in [0.1, 0.15) is 4.62 Å². The van der Waals surface area contributed by atoms with E-state index in [4.69, 9.17) is 0 Å². The van der Waals surface area contributed by atoms with Crippen molar-refractivity contribution in [1.82, 2.24) is 4.90 Å². The van der Waals surface area contributed by atoms with Gasteiger partial charge in [-0.15, -0.1) is 0 Å². The molecule has 4 nitrogen and oxygen atoms in total. The van der Waals surface area contributed by atoms with Crippen molar-refractivity contribution in [1.29, 1.82) is 0 Å². The number of aliphatic hydroxyl groups is 1. The molecule has 0 aliphatic carbocycles. The van der Waals surface area contributed by atoms with E-state index in [1.165, 1.54) is 0 Å². The zero-order valence-electron chi connectivity index (χ0n) is 11.1. The monoisotopic (exact) mass is 326 g/mol. The highest BCUT2D eigenvalue weighted by atomic mass is 79.9. The van der Waals surface area contributed by atoms with E-state index in [1.54, 1.807) is 6.08 Å². The van der Waals surface area contributed by atoms with Crippen molar-refractivity contribution in [2.45, 2.75) is 25.8 Å². The summed E-state index contributed by atoms with van der Waals surface area (Å²) >= 11 is 3.26. The quantitative estimate of drug-likeness (QED) is 0.843. The molecule has 1 spiro atoms. The van der Waals surface area contributed by atoms with Gasteiger partial charge in [0.15, 0.2) is 0 Å². The van der Waals surface area contributed by atoms with E-state index < -0.39 is 5.41 Å². The summed E-state index contributed by atoms with van der Waals surface area (Å²) in [6, 6.07) is 0.136. The second-order valence-electron chi connectivity index (χ2n) is 5.25. The third-order valence-electron chi connectivity index (χ3n) is 4.19. The number of carbonyl (C=O) groups is 1. The Morgan fingerprint density at radius 1 is 1.53 bits per heavy atom. The van der Waals surface area contributed by atoms with E-state index >= 15 is 0 Å². The molecule has 104 valence electrons. The average molecular weight is 327 g/mol. The van der Waals surface area contributed by atoms with E-state index in [1.807, 2.05) is 13.0 Å². The summed E-state index contributed by atoms with van der Waals surface area (Å²) in [6.45, 7) is 7.77. The Labute approximate surface area is 122 Å². The van der Waals surface area contributed by atoms with Crippen LogP contribution in [0.2, 0.25) is 0 Å². The van der Waals surface area contributed by atoms with Gasteiger partial charge in [-0.2, -0.15) is 0 Å². The van der Waals surface area contributed by atoms with Gasteiger partial charge in [0.25, 0.3) is 5.91 Å². The van der Waals surface area contributed by atoms with Gasteiger partial charge in [-0.05, 0) is 60.4 Å². The van der Waals surface area contributed by atoms with Crippen LogP contribution in [0.3, 0.4) is 0 Å². The molecule has 0 radical (unpaired) electrons. The van der Waals surface area contributed by atoms with Crippen molar-refractivity contribution < 1.29 is 9.90 Å². The first-order chi connectivity index (χ1) is 8.99. The molecule has 5 heteroatoms. The number of nitrogens with zero attached hydrogens (tertiary/aromatic N) is 2. The van der Waals surface area contributed by atoms with E-state index in [0.29, 0.717) is 17.5 Å². The fourth-order valence-corrected chi connectivity index (χ4v) is 3.00. The normalized spacial score (nSPS) is 25.3. The minimum atomic E-state index is -0.558. The first-order valence-corrected chi connectivity index (χ1v) is 7.30. The largest absolute Gasteiger partial charge is 0.395 e. The number of aliphatic imine (C=N–C) groups is 1. The van der Waals surface area contributed by atoms with E-state index in [0.717, 1.165) is 18.7 Å². The Bertz CT molecular complexity index is 448. The maximum atomic E-state index is 12.4. The van der Waals surface area contributed by atoms with Crippen molar-refractivity contribution in [2.75, 3.05) is 19.7 Å². The van der Waals surface area contributed by atoms with Crippen molar-refractivity contribution in [2.24, 2.45) is 10.4 Å². The van der Waals surface area contributed by atoms with Crippen LogP contribution in [-0.2, 0) is 4.79 Å². The molecule has 0 aromatic heterocycles. The van der Waals surface area contributed by atoms with E-state index in [9.17, 15) is 9.90 Å². The molecule has 2 rings (SSSR count). The van der Waals surface area contributed by atoms with Crippen molar-refractivity contribution in [3.05, 3.63) is 24.3 Å². The Hall–Kier alpha value is -0.780. The Balaban J connectivity index is 2.19. The third-order valence-corrected chi connectivity index (χ3v) is 4.64. The van der Waals surface area contributed by atoms with Crippen LogP contribution in [-0.4, -0.2) is 46.3 Å². The smallest absolute Gasteiger partial charge is 0.257 e. The predicted octanol–water partition coefficient (Wildman–Crippen LogP) is 1.90. The molecule has 1 fully saturated rings. The van der Waals surface area contributed by atoms with Crippen molar-refractivity contribution >= 4 is 26.5 Å². The first kappa shape index (κ1) is 14.6. The number of hydrogen-bond acceptors (Lipinski definition) is 3. The number of aliphatic hydroxyl groups excluding tert-OH is 1. The summed E-state index contributed by atoms with van der Waals surface area (Å²) in [4.78, 5) is 18.7. The summed E-state index contributed by atoms with van der Waals surface area (Å²) in [6.07, 6.45) is 5.08. The lowest BCUT2D eigenvalue weighted by molar-refractivity contribution is -0.127. The van der Waals surface area contributed by atoms with Crippen molar-refractivity contribution in [3.63, 3.8) is 0 Å². The standard InChI is InChI=1S/C14H19BrN2O2/c1-10-3-4-12(15)16-13(19)14(10)5-7-17(8-6-14)11(2)9-18/h3-4,11,18H,1,5-9H2,2H3/t11-/m0/s1. The number of piperidine rings is 1. The molecular weight excluding hydrogens is 308 g/mol. The van der Waals surface area contributed by atoms with Crippen LogP contribution in [0.25, 0.3) is 0 Å². The lowest BCUT2D eigenvalue weighted by Crippen LogP contribution is -2.48. The van der Waals surface area contributed by atoms with Gasteiger partial charge < -0.3 is 5.11 Å². The molecule has 1 N–H and O–H groups in total. The molecule has 0 aromatic rings. The lowest BCUT2D eigenvalue weighted by Gasteiger charge is -2.41. The van der Waals surface area contributed by atoms with Gasteiger partial charge in [0, 0.05) is 6.04 Å². The Morgan fingerprint density at radius 3 is 2.74 bits per heavy atom. The summed E-state index contributed by atoms with van der Waals surface area (Å²) in [7, 11) is 0. The van der Waals surface area contributed by atoms with Crippen LogP contribution in [0.15, 0.2) is 29.3 Å².